The molecule has 0 bridgehead atoms. The van der Waals surface area contributed by atoms with Crippen molar-refractivity contribution in [1.82, 2.24) is 9.80 Å². The highest BCUT2D eigenvalue weighted by Crippen LogP contribution is 2.20. The fraction of sp³-hybridized carbons (Fsp3) is 0.889. The zero-order valence-corrected chi connectivity index (χ0v) is 7.62. The first-order valence-electron chi connectivity index (χ1n) is 4.75. The van der Waals surface area contributed by atoms with Crippen LogP contribution in [0.15, 0.2) is 0 Å². The third-order valence-corrected chi connectivity index (χ3v) is 2.73. The van der Waals surface area contributed by atoms with Crippen molar-refractivity contribution in [2.45, 2.75) is 12.8 Å². The molecule has 2 fully saturated rings. The predicted octanol–water partition coefficient (Wildman–Crippen LogP) is 0.170. The maximum absolute atomic E-state index is 11.6. The minimum Gasteiger partial charge on any atom is -0.339 e. The van der Waals surface area contributed by atoms with Crippen LogP contribution in [-0.2, 0) is 4.79 Å². The van der Waals surface area contributed by atoms with Crippen molar-refractivity contribution in [3.63, 3.8) is 0 Å². The zero-order chi connectivity index (χ0) is 8.55. The summed E-state index contributed by atoms with van der Waals surface area (Å²) in [7, 11) is 2.10. The molecule has 0 radical (unpaired) electrons. The van der Waals surface area contributed by atoms with Crippen molar-refractivity contribution < 1.29 is 4.79 Å². The average molecular weight is 168 g/mol. The molecule has 0 aliphatic carbocycles. The molecule has 3 nitrogen and oxygen atoms in total. The van der Waals surface area contributed by atoms with Crippen molar-refractivity contribution in [1.29, 1.82) is 0 Å². The molecule has 0 aromatic rings. The van der Waals surface area contributed by atoms with E-state index in [9.17, 15) is 4.79 Å². The lowest BCUT2D eigenvalue weighted by molar-refractivity contribution is -0.131. The van der Waals surface area contributed by atoms with E-state index in [-0.39, 0.29) is 0 Å². The number of hydrogen-bond acceptors (Lipinski definition) is 2. The van der Waals surface area contributed by atoms with Crippen LogP contribution in [0.1, 0.15) is 12.8 Å². The number of rotatable bonds is 1. The molecule has 1 atom stereocenters. The van der Waals surface area contributed by atoms with E-state index in [1.165, 1.54) is 6.42 Å². The molecule has 2 rings (SSSR count). The van der Waals surface area contributed by atoms with E-state index in [1.54, 1.807) is 0 Å². The normalized spacial score (nSPS) is 30.4. The van der Waals surface area contributed by atoms with Crippen LogP contribution in [0.5, 0.6) is 0 Å². The summed E-state index contributed by atoms with van der Waals surface area (Å²) in [6.45, 7) is 4.12. The molecule has 2 aliphatic heterocycles. The molecule has 2 heterocycles. The Morgan fingerprint density at radius 1 is 1.33 bits per heavy atom. The van der Waals surface area contributed by atoms with Crippen molar-refractivity contribution in [2.75, 3.05) is 33.2 Å². The number of likely N-dealkylation sites (tertiary alicyclic amines) is 1. The molecule has 0 aromatic carbocycles. The molecule has 0 N–H and O–H groups in total. The van der Waals surface area contributed by atoms with Gasteiger partial charge >= 0.3 is 0 Å². The van der Waals surface area contributed by atoms with Gasteiger partial charge in [-0.2, -0.15) is 0 Å². The number of carbonyl (C=O) groups excluding carboxylic acids is 1. The summed E-state index contributed by atoms with van der Waals surface area (Å²) in [4.78, 5) is 15.8. The van der Waals surface area contributed by atoms with E-state index in [2.05, 4.69) is 11.9 Å². The largest absolute Gasteiger partial charge is 0.339 e. The van der Waals surface area contributed by atoms with Crippen LogP contribution < -0.4 is 0 Å². The Morgan fingerprint density at radius 2 is 2.08 bits per heavy atom. The first-order chi connectivity index (χ1) is 5.77. The molecule has 2 aliphatic rings. The number of hydrogen-bond donors (Lipinski definition) is 0. The second kappa shape index (κ2) is 3.05. The van der Waals surface area contributed by atoms with Crippen molar-refractivity contribution >= 4 is 5.91 Å². The van der Waals surface area contributed by atoms with Crippen LogP contribution in [0.4, 0.5) is 0 Å². The maximum Gasteiger partial charge on any atom is 0.227 e. The second-order valence-corrected chi connectivity index (χ2v) is 3.93. The van der Waals surface area contributed by atoms with Gasteiger partial charge in [0.25, 0.3) is 0 Å². The Labute approximate surface area is 73.3 Å². The standard InChI is InChI=1S/C9H16N2O/c1-10-4-2-3-8(7-10)9(12)11-5-6-11/h8H,2-7H2,1H3. The summed E-state index contributed by atoms with van der Waals surface area (Å²) in [5.74, 6) is 0.688. The van der Waals surface area contributed by atoms with E-state index < -0.39 is 0 Å². The summed E-state index contributed by atoms with van der Waals surface area (Å²) in [5.41, 5.74) is 0. The molecular formula is C9H16N2O. The van der Waals surface area contributed by atoms with Crippen LogP contribution in [-0.4, -0.2) is 48.9 Å². The average Bonchev–Trinajstić information content (AvgIpc) is 2.85. The fourth-order valence-electron chi connectivity index (χ4n) is 1.90. The van der Waals surface area contributed by atoms with Gasteiger partial charge in [-0.25, -0.2) is 0 Å². The lowest BCUT2D eigenvalue weighted by atomic mass is 9.98. The fourth-order valence-corrected chi connectivity index (χ4v) is 1.90. The molecular weight excluding hydrogens is 152 g/mol. The topological polar surface area (TPSA) is 23.3 Å². The first-order valence-corrected chi connectivity index (χ1v) is 4.75. The van der Waals surface area contributed by atoms with Gasteiger partial charge in [-0.1, -0.05) is 0 Å². The third-order valence-electron chi connectivity index (χ3n) is 2.73. The van der Waals surface area contributed by atoms with Crippen LogP contribution in [0.2, 0.25) is 0 Å². The SMILES string of the molecule is CN1CCCC(C(=O)N2CC2)C1. The highest BCUT2D eigenvalue weighted by Gasteiger charge is 2.32. The Kier molecular flexibility index (Phi) is 2.05. The van der Waals surface area contributed by atoms with Crippen LogP contribution >= 0.6 is 0 Å². The lowest BCUT2D eigenvalue weighted by Crippen LogP contribution is -2.38. The van der Waals surface area contributed by atoms with E-state index in [0.29, 0.717) is 11.8 Å². The quantitative estimate of drug-likeness (QED) is 0.521. The Morgan fingerprint density at radius 3 is 2.67 bits per heavy atom. The summed E-state index contributed by atoms with van der Waals surface area (Å²) < 4.78 is 0. The highest BCUT2D eigenvalue weighted by atomic mass is 16.2. The van der Waals surface area contributed by atoms with Crippen LogP contribution in [0.3, 0.4) is 0 Å². The Balaban J connectivity index is 1.89. The lowest BCUT2D eigenvalue weighted by Gasteiger charge is -2.28. The summed E-state index contributed by atoms with van der Waals surface area (Å²) in [6.07, 6.45) is 2.28. The van der Waals surface area contributed by atoms with Crippen molar-refractivity contribution in [3.8, 4) is 0 Å². The van der Waals surface area contributed by atoms with Gasteiger partial charge in [0.2, 0.25) is 5.91 Å². The minimum absolute atomic E-state index is 0.297. The molecule has 0 aromatic heterocycles. The number of nitrogens with zero attached hydrogens (tertiary/aromatic N) is 2. The van der Waals surface area contributed by atoms with Crippen LogP contribution in [0.25, 0.3) is 0 Å². The van der Waals surface area contributed by atoms with E-state index in [1.807, 2.05) is 4.90 Å². The molecule has 1 unspecified atom stereocenters. The van der Waals surface area contributed by atoms with Gasteiger partial charge in [0.05, 0.1) is 5.92 Å². The monoisotopic (exact) mass is 168 g/mol. The summed E-state index contributed by atoms with van der Waals surface area (Å²) in [5, 5.41) is 0. The summed E-state index contributed by atoms with van der Waals surface area (Å²) >= 11 is 0. The third kappa shape index (κ3) is 1.61. The molecule has 0 spiro atoms. The maximum atomic E-state index is 11.6. The first kappa shape index (κ1) is 8.05. The predicted molar refractivity (Wildman–Crippen MR) is 46.8 cm³/mol. The molecule has 3 heteroatoms. The molecule has 68 valence electrons. The van der Waals surface area contributed by atoms with Gasteiger partial charge in [0.15, 0.2) is 0 Å². The Bertz CT molecular complexity index is 189. The second-order valence-electron chi connectivity index (χ2n) is 3.93. The van der Waals surface area contributed by atoms with Gasteiger partial charge in [0, 0.05) is 19.6 Å². The van der Waals surface area contributed by atoms with Gasteiger partial charge in [-0.3, -0.25) is 4.79 Å². The van der Waals surface area contributed by atoms with E-state index >= 15 is 0 Å². The van der Waals surface area contributed by atoms with Crippen LogP contribution in [0, 0.1) is 5.92 Å². The van der Waals surface area contributed by atoms with Gasteiger partial charge in [-0.15, -0.1) is 0 Å². The van der Waals surface area contributed by atoms with Gasteiger partial charge < -0.3 is 9.80 Å². The van der Waals surface area contributed by atoms with Crippen molar-refractivity contribution in [3.05, 3.63) is 0 Å². The van der Waals surface area contributed by atoms with E-state index in [4.69, 9.17) is 0 Å². The van der Waals surface area contributed by atoms with Crippen molar-refractivity contribution in [2.24, 2.45) is 5.92 Å². The van der Waals surface area contributed by atoms with Gasteiger partial charge in [0.1, 0.15) is 0 Å². The van der Waals surface area contributed by atoms with E-state index in [0.717, 1.165) is 32.6 Å². The highest BCUT2D eigenvalue weighted by molar-refractivity contribution is 5.81. The zero-order valence-electron chi connectivity index (χ0n) is 7.62. The summed E-state index contributed by atoms with van der Waals surface area (Å²) in [6, 6.07) is 0. The molecule has 0 saturated carbocycles. The molecule has 12 heavy (non-hydrogen) atoms. The number of carbonyl (C=O) groups is 1. The molecule has 2 saturated heterocycles. The minimum atomic E-state index is 0.297. The molecule has 1 amide bonds. The van der Waals surface area contributed by atoms with Gasteiger partial charge in [-0.05, 0) is 26.4 Å². The number of amides is 1. The number of piperidine rings is 1. The smallest absolute Gasteiger partial charge is 0.227 e. The Hall–Kier alpha value is -0.570.